The minimum atomic E-state index is -3.48. The zero-order valence-corrected chi connectivity index (χ0v) is 12.5. The molecule has 19 heavy (non-hydrogen) atoms. The second kappa shape index (κ2) is 5.69. The maximum Gasteiger partial charge on any atom is 0.243 e. The van der Waals surface area contributed by atoms with E-state index >= 15 is 0 Å². The lowest BCUT2D eigenvalue weighted by Gasteiger charge is -2.30. The predicted octanol–water partition coefficient (Wildman–Crippen LogP) is 2.88. The van der Waals surface area contributed by atoms with Crippen LogP contribution in [0.5, 0.6) is 0 Å². The smallest absolute Gasteiger partial charge is 0.243 e. The van der Waals surface area contributed by atoms with Gasteiger partial charge in [-0.05, 0) is 31.0 Å². The minimum absolute atomic E-state index is 0.0927. The van der Waals surface area contributed by atoms with Gasteiger partial charge in [0.1, 0.15) is 0 Å². The van der Waals surface area contributed by atoms with Crippen LogP contribution in [-0.2, 0) is 10.0 Å². The van der Waals surface area contributed by atoms with Crippen LogP contribution in [-0.4, -0.2) is 25.8 Å². The van der Waals surface area contributed by atoms with Gasteiger partial charge in [-0.2, -0.15) is 4.31 Å². The van der Waals surface area contributed by atoms with Crippen LogP contribution in [0.4, 0.5) is 5.69 Å². The number of nitrogens with two attached hydrogens (primary N) is 1. The van der Waals surface area contributed by atoms with Crippen molar-refractivity contribution in [2.75, 3.05) is 12.8 Å². The number of sulfonamides is 1. The molecule has 0 heterocycles. The lowest BCUT2D eigenvalue weighted by molar-refractivity contribution is 0.286. The highest BCUT2D eigenvalue weighted by Crippen LogP contribution is 2.28. The molecule has 1 aromatic rings. The molecule has 0 radical (unpaired) electrons. The number of hydrogen-bond acceptors (Lipinski definition) is 3. The van der Waals surface area contributed by atoms with Crippen molar-refractivity contribution in [3.05, 3.63) is 23.2 Å². The van der Waals surface area contributed by atoms with E-state index in [4.69, 9.17) is 17.3 Å². The molecule has 1 fully saturated rings. The van der Waals surface area contributed by atoms with E-state index in [0.717, 1.165) is 25.7 Å². The molecule has 0 atom stereocenters. The van der Waals surface area contributed by atoms with Crippen molar-refractivity contribution in [3.63, 3.8) is 0 Å². The first kappa shape index (κ1) is 14.6. The monoisotopic (exact) mass is 302 g/mol. The summed E-state index contributed by atoms with van der Waals surface area (Å²) in [6, 6.07) is 4.56. The Hall–Kier alpha value is -0.780. The Labute approximate surface area is 119 Å². The Balaban J connectivity index is 2.27. The largest absolute Gasteiger partial charge is 0.398 e. The van der Waals surface area contributed by atoms with Crippen molar-refractivity contribution >= 4 is 27.3 Å². The highest BCUT2D eigenvalue weighted by Gasteiger charge is 2.29. The van der Waals surface area contributed by atoms with Gasteiger partial charge in [-0.3, -0.25) is 0 Å². The van der Waals surface area contributed by atoms with Crippen LogP contribution in [0.2, 0.25) is 5.02 Å². The average molecular weight is 303 g/mol. The Kier molecular flexibility index (Phi) is 4.38. The summed E-state index contributed by atoms with van der Waals surface area (Å²) in [5, 5.41) is 0.276. The molecule has 1 aliphatic rings. The fraction of sp³-hybridized carbons (Fsp3) is 0.538. The van der Waals surface area contributed by atoms with Gasteiger partial charge in [-0.25, -0.2) is 8.42 Å². The van der Waals surface area contributed by atoms with Crippen molar-refractivity contribution in [1.29, 1.82) is 0 Å². The Morgan fingerprint density at radius 2 is 1.89 bits per heavy atom. The quantitative estimate of drug-likeness (QED) is 0.873. The highest BCUT2D eigenvalue weighted by atomic mass is 35.5. The van der Waals surface area contributed by atoms with Crippen molar-refractivity contribution in [2.24, 2.45) is 0 Å². The lowest BCUT2D eigenvalue weighted by Crippen LogP contribution is -2.38. The van der Waals surface area contributed by atoms with Crippen molar-refractivity contribution in [1.82, 2.24) is 4.31 Å². The van der Waals surface area contributed by atoms with Gasteiger partial charge in [0, 0.05) is 13.1 Å². The summed E-state index contributed by atoms with van der Waals surface area (Å²) in [7, 11) is -1.84. The number of benzene rings is 1. The molecule has 0 spiro atoms. The fourth-order valence-corrected chi connectivity index (χ4v) is 4.16. The summed E-state index contributed by atoms with van der Waals surface area (Å²) in [6.07, 6.45) is 5.23. The van der Waals surface area contributed by atoms with E-state index in [0.29, 0.717) is 5.69 Å². The summed E-state index contributed by atoms with van der Waals surface area (Å²) >= 11 is 5.90. The van der Waals surface area contributed by atoms with Crippen LogP contribution < -0.4 is 5.73 Å². The van der Waals surface area contributed by atoms with Gasteiger partial charge in [0.15, 0.2) is 0 Å². The maximum absolute atomic E-state index is 12.5. The minimum Gasteiger partial charge on any atom is -0.398 e. The SMILES string of the molecule is CN(C1CCCCC1)S(=O)(=O)c1ccc(N)c(Cl)c1. The van der Waals surface area contributed by atoms with Gasteiger partial charge >= 0.3 is 0 Å². The van der Waals surface area contributed by atoms with Gasteiger partial charge in [-0.15, -0.1) is 0 Å². The first-order valence-corrected chi connectivity index (χ1v) is 8.28. The molecule has 1 aromatic carbocycles. The van der Waals surface area contributed by atoms with Crippen LogP contribution >= 0.6 is 11.6 Å². The molecule has 0 aliphatic heterocycles. The molecule has 1 saturated carbocycles. The van der Waals surface area contributed by atoms with Crippen LogP contribution in [0.3, 0.4) is 0 Å². The Bertz CT molecular complexity index is 554. The van der Waals surface area contributed by atoms with E-state index in [2.05, 4.69) is 0 Å². The third-order valence-electron chi connectivity index (χ3n) is 3.74. The molecule has 6 heteroatoms. The number of hydrogen-bond donors (Lipinski definition) is 1. The van der Waals surface area contributed by atoms with Gasteiger partial charge in [0.05, 0.1) is 15.6 Å². The lowest BCUT2D eigenvalue weighted by atomic mass is 9.96. The molecule has 0 saturated heterocycles. The standard InChI is InChI=1S/C13H19ClN2O2S/c1-16(10-5-3-2-4-6-10)19(17,18)11-7-8-13(15)12(14)9-11/h7-10H,2-6,15H2,1H3. The van der Waals surface area contributed by atoms with Gasteiger partial charge in [0.2, 0.25) is 10.0 Å². The molecule has 2 rings (SSSR count). The Morgan fingerprint density at radius 1 is 1.26 bits per heavy atom. The molecule has 0 bridgehead atoms. The summed E-state index contributed by atoms with van der Waals surface area (Å²) in [6.45, 7) is 0. The maximum atomic E-state index is 12.5. The molecule has 1 aliphatic carbocycles. The fourth-order valence-electron chi connectivity index (χ4n) is 2.48. The van der Waals surface area contributed by atoms with Gasteiger partial charge in [0.25, 0.3) is 0 Å². The number of rotatable bonds is 3. The zero-order valence-electron chi connectivity index (χ0n) is 11.0. The summed E-state index contributed by atoms with van der Waals surface area (Å²) < 4.78 is 26.5. The van der Waals surface area contributed by atoms with Crippen molar-refractivity contribution < 1.29 is 8.42 Å². The third-order valence-corrected chi connectivity index (χ3v) is 5.97. The number of nitrogen functional groups attached to an aromatic ring is 1. The number of nitrogens with zero attached hydrogens (tertiary/aromatic N) is 1. The predicted molar refractivity (Wildman–Crippen MR) is 77.7 cm³/mol. The van der Waals surface area contributed by atoms with Crippen LogP contribution in [0.15, 0.2) is 23.1 Å². The summed E-state index contributed by atoms with van der Waals surface area (Å²) in [5.74, 6) is 0. The van der Waals surface area contributed by atoms with E-state index in [-0.39, 0.29) is 16.0 Å². The molecule has 0 unspecified atom stereocenters. The molecule has 106 valence electrons. The van der Waals surface area contributed by atoms with Gasteiger partial charge in [-0.1, -0.05) is 30.9 Å². The summed E-state index contributed by atoms with van der Waals surface area (Å²) in [5.41, 5.74) is 6.00. The van der Waals surface area contributed by atoms with Crippen LogP contribution in [0.25, 0.3) is 0 Å². The van der Waals surface area contributed by atoms with E-state index in [1.807, 2.05) is 0 Å². The van der Waals surface area contributed by atoms with Gasteiger partial charge < -0.3 is 5.73 Å². The molecular formula is C13H19ClN2O2S. The molecule has 0 aromatic heterocycles. The third kappa shape index (κ3) is 3.04. The van der Waals surface area contributed by atoms with E-state index in [1.54, 1.807) is 7.05 Å². The topological polar surface area (TPSA) is 63.4 Å². The van der Waals surface area contributed by atoms with E-state index < -0.39 is 10.0 Å². The second-order valence-electron chi connectivity index (χ2n) is 5.00. The zero-order chi connectivity index (χ0) is 14.0. The summed E-state index contributed by atoms with van der Waals surface area (Å²) in [4.78, 5) is 0.208. The molecule has 2 N–H and O–H groups in total. The van der Waals surface area contributed by atoms with Crippen LogP contribution in [0, 0.1) is 0 Å². The normalized spacial score (nSPS) is 17.8. The van der Waals surface area contributed by atoms with Crippen LogP contribution in [0.1, 0.15) is 32.1 Å². The molecular weight excluding hydrogens is 284 g/mol. The van der Waals surface area contributed by atoms with E-state index in [9.17, 15) is 8.42 Å². The highest BCUT2D eigenvalue weighted by molar-refractivity contribution is 7.89. The second-order valence-corrected chi connectivity index (χ2v) is 7.40. The van der Waals surface area contributed by atoms with Crippen molar-refractivity contribution in [3.8, 4) is 0 Å². The number of anilines is 1. The first-order chi connectivity index (χ1) is 8.93. The van der Waals surface area contributed by atoms with E-state index in [1.165, 1.54) is 28.9 Å². The average Bonchev–Trinajstić information content (AvgIpc) is 2.41. The van der Waals surface area contributed by atoms with Crippen molar-refractivity contribution in [2.45, 2.75) is 43.0 Å². The first-order valence-electron chi connectivity index (χ1n) is 6.46. The number of halogens is 1. The Morgan fingerprint density at radius 3 is 2.47 bits per heavy atom. The molecule has 4 nitrogen and oxygen atoms in total. The molecule has 0 amide bonds.